The van der Waals surface area contributed by atoms with Crippen LogP contribution >= 0.6 is 0 Å². The number of hydrogen-bond acceptors (Lipinski definition) is 4. The van der Waals surface area contributed by atoms with Crippen molar-refractivity contribution in [3.63, 3.8) is 0 Å². The summed E-state index contributed by atoms with van der Waals surface area (Å²) in [4.78, 5) is 54.6. The van der Waals surface area contributed by atoms with Crippen molar-refractivity contribution in [1.29, 1.82) is 0 Å². The molecule has 7 heteroatoms. The van der Waals surface area contributed by atoms with E-state index in [-0.39, 0.29) is 42.6 Å². The van der Waals surface area contributed by atoms with Gasteiger partial charge in [0.05, 0.1) is 11.1 Å². The Balaban J connectivity index is 1.72. The van der Waals surface area contributed by atoms with Gasteiger partial charge >= 0.3 is 0 Å². The van der Waals surface area contributed by atoms with Gasteiger partial charge < -0.3 is 10.2 Å². The van der Waals surface area contributed by atoms with E-state index in [4.69, 9.17) is 0 Å². The Bertz CT molecular complexity index is 1060. The first-order valence-corrected chi connectivity index (χ1v) is 12.4. The van der Waals surface area contributed by atoms with Crippen molar-refractivity contribution in [3.05, 3.63) is 70.8 Å². The standard InChI is InChI=1S/C28H35N3O4/c1-5-20(4)29-26(33)24(6-2)31(18-21-13-8-7-12-19(21)3)25(32)16-11-17-30-27(34)22-14-9-10-15-23(22)28(30)35/h7-10,12-15,20,24H,5-6,11,16-18H2,1-4H3,(H,29,33)/t20-,24+/m1/s1. The Hall–Kier alpha value is -3.48. The zero-order chi connectivity index (χ0) is 25.5. The summed E-state index contributed by atoms with van der Waals surface area (Å²) < 4.78 is 0. The van der Waals surface area contributed by atoms with Crippen molar-refractivity contribution in [2.75, 3.05) is 6.54 Å². The Morgan fingerprint density at radius 3 is 2.11 bits per heavy atom. The van der Waals surface area contributed by atoms with Crippen molar-refractivity contribution in [3.8, 4) is 0 Å². The summed E-state index contributed by atoms with van der Waals surface area (Å²) in [7, 11) is 0. The van der Waals surface area contributed by atoms with Gasteiger partial charge in [-0.15, -0.1) is 0 Å². The highest BCUT2D eigenvalue weighted by atomic mass is 16.2. The molecule has 0 radical (unpaired) electrons. The summed E-state index contributed by atoms with van der Waals surface area (Å²) in [6.07, 6.45) is 1.75. The van der Waals surface area contributed by atoms with E-state index in [0.29, 0.717) is 30.5 Å². The average Bonchev–Trinajstić information content (AvgIpc) is 3.09. The maximum absolute atomic E-state index is 13.4. The Morgan fingerprint density at radius 2 is 1.54 bits per heavy atom. The molecule has 0 saturated heterocycles. The number of fused-ring (bicyclic) bond motifs is 1. The van der Waals surface area contributed by atoms with E-state index < -0.39 is 6.04 Å². The van der Waals surface area contributed by atoms with E-state index in [1.54, 1.807) is 29.2 Å². The monoisotopic (exact) mass is 477 g/mol. The van der Waals surface area contributed by atoms with Gasteiger partial charge in [-0.25, -0.2) is 0 Å². The van der Waals surface area contributed by atoms with E-state index in [9.17, 15) is 19.2 Å². The summed E-state index contributed by atoms with van der Waals surface area (Å²) in [6.45, 7) is 8.32. The van der Waals surface area contributed by atoms with Crippen LogP contribution in [-0.4, -0.2) is 52.1 Å². The first-order chi connectivity index (χ1) is 16.8. The van der Waals surface area contributed by atoms with Crippen LogP contribution in [0.5, 0.6) is 0 Å². The SMILES string of the molecule is CC[C@@H](C)NC(=O)[C@H](CC)N(Cc1ccccc1C)C(=O)CCCN1C(=O)c2ccccc2C1=O. The highest BCUT2D eigenvalue weighted by Gasteiger charge is 2.35. The number of carbonyl (C=O) groups excluding carboxylic acids is 4. The number of imide groups is 1. The molecule has 1 N–H and O–H groups in total. The molecular weight excluding hydrogens is 442 g/mol. The molecule has 2 aromatic rings. The first kappa shape index (κ1) is 26.1. The quantitative estimate of drug-likeness (QED) is 0.494. The van der Waals surface area contributed by atoms with Crippen LogP contribution in [0.1, 0.15) is 78.3 Å². The smallest absolute Gasteiger partial charge is 0.261 e. The fourth-order valence-electron chi connectivity index (χ4n) is 4.31. The molecule has 0 unspecified atom stereocenters. The highest BCUT2D eigenvalue weighted by Crippen LogP contribution is 2.23. The molecule has 1 heterocycles. The number of amides is 4. The Morgan fingerprint density at radius 1 is 0.943 bits per heavy atom. The van der Waals surface area contributed by atoms with Crippen LogP contribution in [0.3, 0.4) is 0 Å². The zero-order valence-electron chi connectivity index (χ0n) is 21.0. The largest absolute Gasteiger partial charge is 0.352 e. The molecule has 0 aromatic heterocycles. The second-order valence-electron chi connectivity index (χ2n) is 9.10. The molecule has 7 nitrogen and oxygen atoms in total. The minimum absolute atomic E-state index is 0.0146. The zero-order valence-corrected chi connectivity index (χ0v) is 21.0. The van der Waals surface area contributed by atoms with Crippen molar-refractivity contribution >= 4 is 23.6 Å². The first-order valence-electron chi connectivity index (χ1n) is 12.4. The van der Waals surface area contributed by atoms with E-state index in [1.807, 2.05) is 52.0 Å². The minimum atomic E-state index is -0.601. The summed E-state index contributed by atoms with van der Waals surface area (Å²) in [5.74, 6) is -0.983. The second kappa shape index (κ2) is 11.8. The van der Waals surface area contributed by atoms with Gasteiger partial charge in [0.15, 0.2) is 0 Å². The lowest BCUT2D eigenvalue weighted by Gasteiger charge is -2.32. The topological polar surface area (TPSA) is 86.8 Å². The Labute approximate surface area is 207 Å². The predicted molar refractivity (Wildman–Crippen MR) is 135 cm³/mol. The third-order valence-electron chi connectivity index (χ3n) is 6.64. The predicted octanol–water partition coefficient (Wildman–Crippen LogP) is 4.09. The number of nitrogens with one attached hydrogen (secondary N) is 1. The molecular formula is C28H35N3O4. The number of aryl methyl sites for hydroxylation is 1. The van der Waals surface area contributed by atoms with Crippen molar-refractivity contribution in [1.82, 2.24) is 15.1 Å². The van der Waals surface area contributed by atoms with Crippen LogP contribution in [0, 0.1) is 6.92 Å². The van der Waals surface area contributed by atoms with Gasteiger partial charge in [-0.1, -0.05) is 50.2 Å². The third kappa shape index (κ3) is 5.96. The number of rotatable bonds is 11. The van der Waals surface area contributed by atoms with Crippen LogP contribution in [-0.2, 0) is 16.1 Å². The van der Waals surface area contributed by atoms with Gasteiger partial charge in [0.25, 0.3) is 11.8 Å². The number of nitrogens with zero attached hydrogens (tertiary/aromatic N) is 2. The average molecular weight is 478 g/mol. The summed E-state index contributed by atoms with van der Waals surface area (Å²) >= 11 is 0. The lowest BCUT2D eigenvalue weighted by Crippen LogP contribution is -2.50. The van der Waals surface area contributed by atoms with Crippen LogP contribution in [0.2, 0.25) is 0 Å². The summed E-state index contributed by atoms with van der Waals surface area (Å²) in [5.41, 5.74) is 2.83. The van der Waals surface area contributed by atoms with Crippen LogP contribution in [0.25, 0.3) is 0 Å². The summed E-state index contributed by atoms with van der Waals surface area (Å²) in [6, 6.07) is 14.0. The molecule has 0 spiro atoms. The molecule has 0 aliphatic carbocycles. The van der Waals surface area contributed by atoms with Gasteiger partial charge in [0, 0.05) is 25.6 Å². The maximum atomic E-state index is 13.4. The number of carbonyl (C=O) groups is 4. The van der Waals surface area contributed by atoms with Crippen LogP contribution in [0.4, 0.5) is 0 Å². The van der Waals surface area contributed by atoms with Crippen molar-refractivity contribution in [2.24, 2.45) is 0 Å². The molecule has 1 aliphatic heterocycles. The normalized spacial score (nSPS) is 14.5. The lowest BCUT2D eigenvalue weighted by molar-refractivity contribution is -0.141. The minimum Gasteiger partial charge on any atom is -0.352 e. The molecule has 3 rings (SSSR count). The number of benzene rings is 2. The molecule has 0 fully saturated rings. The Kier molecular flexibility index (Phi) is 8.79. The van der Waals surface area contributed by atoms with Gasteiger partial charge in [-0.3, -0.25) is 24.1 Å². The fourth-order valence-corrected chi connectivity index (χ4v) is 4.31. The molecule has 2 aromatic carbocycles. The van der Waals surface area contributed by atoms with Gasteiger partial charge in [-0.05, 0) is 56.4 Å². The molecule has 186 valence electrons. The van der Waals surface area contributed by atoms with Crippen LogP contribution < -0.4 is 5.32 Å². The summed E-state index contributed by atoms with van der Waals surface area (Å²) in [5, 5.41) is 3.01. The van der Waals surface area contributed by atoms with Gasteiger partial charge in [0.1, 0.15) is 6.04 Å². The highest BCUT2D eigenvalue weighted by molar-refractivity contribution is 6.21. The van der Waals surface area contributed by atoms with Crippen LogP contribution in [0.15, 0.2) is 48.5 Å². The number of hydrogen-bond donors (Lipinski definition) is 1. The molecule has 0 saturated carbocycles. The molecule has 1 aliphatic rings. The fraction of sp³-hybridized carbons (Fsp3) is 0.429. The lowest BCUT2D eigenvalue weighted by atomic mass is 10.0. The van der Waals surface area contributed by atoms with E-state index in [2.05, 4.69) is 5.32 Å². The molecule has 4 amide bonds. The third-order valence-corrected chi connectivity index (χ3v) is 6.64. The second-order valence-corrected chi connectivity index (χ2v) is 9.10. The van der Waals surface area contributed by atoms with Gasteiger partial charge in [0.2, 0.25) is 11.8 Å². The van der Waals surface area contributed by atoms with Crippen molar-refractivity contribution < 1.29 is 19.2 Å². The van der Waals surface area contributed by atoms with E-state index >= 15 is 0 Å². The van der Waals surface area contributed by atoms with E-state index in [0.717, 1.165) is 17.5 Å². The molecule has 35 heavy (non-hydrogen) atoms. The van der Waals surface area contributed by atoms with Gasteiger partial charge in [-0.2, -0.15) is 0 Å². The molecule has 0 bridgehead atoms. The van der Waals surface area contributed by atoms with E-state index in [1.165, 1.54) is 4.90 Å². The molecule has 2 atom stereocenters. The maximum Gasteiger partial charge on any atom is 0.261 e. The van der Waals surface area contributed by atoms with Crippen molar-refractivity contribution in [2.45, 2.75) is 72.0 Å².